The molecule has 0 saturated carbocycles. The van der Waals surface area contributed by atoms with Gasteiger partial charge in [0.1, 0.15) is 0 Å². The van der Waals surface area contributed by atoms with Crippen LogP contribution in [0.25, 0.3) is 0 Å². The van der Waals surface area contributed by atoms with Crippen LogP contribution in [0, 0.1) is 0 Å². The van der Waals surface area contributed by atoms with Crippen LogP contribution in [0.5, 0.6) is 0 Å². The summed E-state index contributed by atoms with van der Waals surface area (Å²) in [5.74, 6) is 1.02. The maximum atomic E-state index is 4.10. The van der Waals surface area contributed by atoms with Crippen LogP contribution in [0.2, 0.25) is 0 Å². The van der Waals surface area contributed by atoms with Gasteiger partial charge >= 0.3 is 0 Å². The van der Waals surface area contributed by atoms with E-state index in [2.05, 4.69) is 30.3 Å². The minimum absolute atomic E-state index is 0.496. The number of hydrogen-bond donors (Lipinski definition) is 0. The van der Waals surface area contributed by atoms with Crippen LogP contribution in [-0.2, 0) is 0 Å². The van der Waals surface area contributed by atoms with Gasteiger partial charge in [-0.25, -0.2) is 0 Å². The van der Waals surface area contributed by atoms with E-state index in [0.29, 0.717) is 6.04 Å². The second-order valence-corrected chi connectivity index (χ2v) is 2.62. The van der Waals surface area contributed by atoms with E-state index < -0.39 is 0 Å². The molecular formula is C9H18N2. The Morgan fingerprint density at radius 2 is 2.27 bits per heavy atom. The minimum atomic E-state index is 0.496. The van der Waals surface area contributed by atoms with Gasteiger partial charge in [-0.1, -0.05) is 13.5 Å². The number of amidine groups is 1. The molecule has 0 aromatic heterocycles. The van der Waals surface area contributed by atoms with Crippen LogP contribution in [0.1, 0.15) is 27.2 Å². The molecule has 0 saturated heterocycles. The second-order valence-electron chi connectivity index (χ2n) is 2.62. The van der Waals surface area contributed by atoms with Crippen molar-refractivity contribution in [1.29, 1.82) is 0 Å². The van der Waals surface area contributed by atoms with Gasteiger partial charge < -0.3 is 4.90 Å². The van der Waals surface area contributed by atoms with Crippen LogP contribution in [-0.4, -0.2) is 23.8 Å². The van der Waals surface area contributed by atoms with Gasteiger partial charge in [0, 0.05) is 13.1 Å². The Labute approximate surface area is 69.6 Å². The lowest BCUT2D eigenvalue weighted by molar-refractivity contribution is 0.415. The molecule has 1 atom stereocenters. The lowest BCUT2D eigenvalue weighted by Crippen LogP contribution is -2.31. The largest absolute Gasteiger partial charge is 0.335 e. The lowest BCUT2D eigenvalue weighted by Gasteiger charge is -2.25. The van der Waals surface area contributed by atoms with E-state index in [4.69, 9.17) is 0 Å². The molecular weight excluding hydrogens is 136 g/mol. The summed E-state index contributed by atoms with van der Waals surface area (Å²) < 4.78 is 0. The summed E-state index contributed by atoms with van der Waals surface area (Å²) in [6.07, 6.45) is 2.94. The minimum Gasteiger partial charge on any atom is -0.335 e. The van der Waals surface area contributed by atoms with Crippen LogP contribution in [0.4, 0.5) is 0 Å². The Kier molecular flexibility index (Phi) is 4.59. The molecule has 0 radical (unpaired) electrons. The fourth-order valence-electron chi connectivity index (χ4n) is 0.943. The third-order valence-corrected chi connectivity index (χ3v) is 1.96. The van der Waals surface area contributed by atoms with Gasteiger partial charge in [0.25, 0.3) is 0 Å². The zero-order valence-corrected chi connectivity index (χ0v) is 7.96. The average molecular weight is 154 g/mol. The number of nitrogens with zero attached hydrogens (tertiary/aromatic N) is 2. The van der Waals surface area contributed by atoms with Crippen molar-refractivity contribution < 1.29 is 0 Å². The summed E-state index contributed by atoms with van der Waals surface area (Å²) >= 11 is 0. The Bertz CT molecular complexity index is 150. The lowest BCUT2D eigenvalue weighted by atomic mass is 10.2. The topological polar surface area (TPSA) is 15.6 Å². The third-order valence-electron chi connectivity index (χ3n) is 1.96. The highest BCUT2D eigenvalue weighted by molar-refractivity contribution is 5.80. The van der Waals surface area contributed by atoms with Gasteiger partial charge in [0.05, 0.1) is 5.84 Å². The Morgan fingerprint density at radius 1 is 1.73 bits per heavy atom. The molecule has 0 aliphatic heterocycles. The van der Waals surface area contributed by atoms with E-state index in [1.807, 2.05) is 13.1 Å². The number of hydrogen-bond acceptors (Lipinski definition) is 1. The van der Waals surface area contributed by atoms with Crippen LogP contribution < -0.4 is 0 Å². The molecule has 0 spiro atoms. The molecule has 0 aromatic carbocycles. The Morgan fingerprint density at radius 3 is 2.55 bits per heavy atom. The van der Waals surface area contributed by atoms with Crippen LogP contribution >= 0.6 is 0 Å². The predicted octanol–water partition coefficient (Wildman–Crippen LogP) is 2.28. The summed E-state index contributed by atoms with van der Waals surface area (Å²) in [5.41, 5.74) is 0. The molecule has 0 N–H and O–H groups in total. The molecule has 0 fully saturated rings. The highest BCUT2D eigenvalue weighted by Gasteiger charge is 2.08. The van der Waals surface area contributed by atoms with Crippen molar-refractivity contribution in [2.75, 3.05) is 7.05 Å². The van der Waals surface area contributed by atoms with Crippen LogP contribution in [0.3, 0.4) is 0 Å². The first-order valence-corrected chi connectivity index (χ1v) is 4.01. The third kappa shape index (κ3) is 2.74. The second kappa shape index (κ2) is 4.94. The van der Waals surface area contributed by atoms with E-state index in [-0.39, 0.29) is 0 Å². The fraction of sp³-hybridized carbons (Fsp3) is 0.667. The highest BCUT2D eigenvalue weighted by Crippen LogP contribution is 2.04. The smallest absolute Gasteiger partial charge is 0.0996 e. The maximum Gasteiger partial charge on any atom is 0.0996 e. The van der Waals surface area contributed by atoms with E-state index in [0.717, 1.165) is 12.3 Å². The van der Waals surface area contributed by atoms with Gasteiger partial charge in [0.2, 0.25) is 0 Å². The normalized spacial score (nSPS) is 14.4. The van der Waals surface area contributed by atoms with Crippen molar-refractivity contribution in [1.82, 2.24) is 4.90 Å². The van der Waals surface area contributed by atoms with E-state index >= 15 is 0 Å². The SMILES string of the molecule is C=CN(C(C)=NC)C(C)CC. The molecule has 0 aromatic rings. The molecule has 1 unspecified atom stereocenters. The quantitative estimate of drug-likeness (QED) is 0.450. The fourth-order valence-corrected chi connectivity index (χ4v) is 0.943. The zero-order valence-electron chi connectivity index (χ0n) is 7.96. The molecule has 0 amide bonds. The summed E-state index contributed by atoms with van der Waals surface area (Å²) in [6.45, 7) is 10.1. The molecule has 0 heterocycles. The Hall–Kier alpha value is -0.790. The first-order valence-electron chi connectivity index (χ1n) is 4.01. The molecule has 0 bridgehead atoms. The van der Waals surface area contributed by atoms with Crippen molar-refractivity contribution in [2.45, 2.75) is 33.2 Å². The van der Waals surface area contributed by atoms with Gasteiger partial charge in [-0.15, -0.1) is 0 Å². The van der Waals surface area contributed by atoms with E-state index in [1.165, 1.54) is 0 Å². The monoisotopic (exact) mass is 154 g/mol. The first-order chi connectivity index (χ1) is 5.17. The molecule has 0 aliphatic rings. The van der Waals surface area contributed by atoms with Crippen LogP contribution in [0.15, 0.2) is 17.8 Å². The maximum absolute atomic E-state index is 4.10. The summed E-state index contributed by atoms with van der Waals surface area (Å²) in [4.78, 5) is 6.18. The van der Waals surface area contributed by atoms with Crippen molar-refractivity contribution in [3.63, 3.8) is 0 Å². The van der Waals surface area contributed by atoms with Gasteiger partial charge in [-0.05, 0) is 26.5 Å². The van der Waals surface area contributed by atoms with Gasteiger partial charge in [-0.2, -0.15) is 0 Å². The molecule has 2 nitrogen and oxygen atoms in total. The first kappa shape index (κ1) is 10.2. The molecule has 0 rings (SSSR count). The zero-order chi connectivity index (χ0) is 8.85. The summed E-state index contributed by atoms with van der Waals surface area (Å²) in [6, 6.07) is 0.496. The summed E-state index contributed by atoms with van der Waals surface area (Å²) in [5, 5.41) is 0. The van der Waals surface area contributed by atoms with Crippen molar-refractivity contribution >= 4 is 5.84 Å². The number of aliphatic imine (C=N–C) groups is 1. The molecule has 2 heteroatoms. The molecule has 11 heavy (non-hydrogen) atoms. The molecule has 64 valence electrons. The van der Waals surface area contributed by atoms with Crippen molar-refractivity contribution in [2.24, 2.45) is 4.99 Å². The van der Waals surface area contributed by atoms with Gasteiger partial charge in [-0.3, -0.25) is 4.99 Å². The van der Waals surface area contributed by atoms with Crippen molar-refractivity contribution in [3.05, 3.63) is 12.8 Å². The van der Waals surface area contributed by atoms with Gasteiger partial charge in [0.15, 0.2) is 0 Å². The Balaban J connectivity index is 4.27. The standard InChI is InChI=1S/C9H18N2/c1-6-8(3)11(7-2)9(4)10-5/h7-8H,2,6H2,1,3-5H3. The van der Waals surface area contributed by atoms with Crippen molar-refractivity contribution in [3.8, 4) is 0 Å². The van der Waals surface area contributed by atoms with E-state index in [1.54, 1.807) is 7.05 Å². The highest BCUT2D eigenvalue weighted by atomic mass is 15.2. The molecule has 0 aliphatic carbocycles. The van der Waals surface area contributed by atoms with E-state index in [9.17, 15) is 0 Å². The number of rotatable bonds is 3. The predicted molar refractivity (Wildman–Crippen MR) is 50.8 cm³/mol. The average Bonchev–Trinajstić information content (AvgIpc) is 2.05. The summed E-state index contributed by atoms with van der Waals surface area (Å²) in [7, 11) is 1.80.